The Hall–Kier alpha value is -6.50. The van der Waals surface area contributed by atoms with Crippen molar-refractivity contribution in [2.45, 2.75) is 97.5 Å². The Bertz CT molecular complexity index is 2350. The number of amides is 1. The summed E-state index contributed by atoms with van der Waals surface area (Å²) in [5.41, 5.74) is 6.79. The minimum atomic E-state index is -0.758. The molecule has 2 aromatic carbocycles. The molecule has 69 heavy (non-hydrogen) atoms. The van der Waals surface area contributed by atoms with Gasteiger partial charge in [0.15, 0.2) is 6.29 Å². The molecule has 1 saturated heterocycles. The van der Waals surface area contributed by atoms with Crippen molar-refractivity contribution in [1.82, 2.24) is 14.8 Å². The van der Waals surface area contributed by atoms with E-state index in [9.17, 15) is 19.2 Å². The van der Waals surface area contributed by atoms with E-state index in [1.807, 2.05) is 70.1 Å². The quantitative estimate of drug-likeness (QED) is 0.0379. The number of carbonyl (C=O) groups excluding carboxylic acids is 4. The second kappa shape index (κ2) is 30.1. The molecule has 1 saturated carbocycles. The number of ether oxygens (including phenoxy) is 4. The molecule has 1 N–H and O–H groups in total. The predicted molar refractivity (Wildman–Crippen MR) is 283 cm³/mol. The van der Waals surface area contributed by atoms with Crippen LogP contribution in [-0.4, -0.2) is 106 Å². The molecule has 12 heteroatoms. The molecule has 1 aliphatic carbocycles. The van der Waals surface area contributed by atoms with Crippen molar-refractivity contribution in [3.63, 3.8) is 0 Å². The largest absolute Gasteiger partial charge is 0.492 e. The number of allylic oxidation sites excluding steroid dienone is 8. The number of rotatable bonds is 25. The summed E-state index contributed by atoms with van der Waals surface area (Å²) < 4.78 is 26.2. The Balaban J connectivity index is 0.00000169. The van der Waals surface area contributed by atoms with E-state index in [0.29, 0.717) is 62.4 Å². The van der Waals surface area contributed by atoms with Crippen LogP contribution in [0.1, 0.15) is 111 Å². The number of likely N-dealkylation sites (N-methyl/N-ethyl adjacent to an activating group) is 1. The average Bonchev–Trinajstić information content (AvgIpc) is 3.60. The number of anilines is 1. The van der Waals surface area contributed by atoms with E-state index >= 15 is 0 Å². The molecule has 5 rings (SSSR count). The van der Waals surface area contributed by atoms with Gasteiger partial charge in [0.25, 0.3) is 5.91 Å². The molecule has 2 heterocycles. The van der Waals surface area contributed by atoms with Crippen molar-refractivity contribution in [2.75, 3.05) is 52.3 Å². The Morgan fingerprint density at radius 3 is 2.13 bits per heavy atom. The zero-order valence-electron chi connectivity index (χ0n) is 42.5. The Morgan fingerprint density at radius 2 is 1.55 bits per heavy atom. The third kappa shape index (κ3) is 16.6. The fraction of sp³-hybridized carbons (Fsp3) is 0.404. The number of hydrogen-bond acceptors (Lipinski definition) is 10. The Morgan fingerprint density at radius 1 is 0.884 bits per heavy atom. The van der Waals surface area contributed by atoms with Crippen LogP contribution in [0.2, 0.25) is 0 Å². The van der Waals surface area contributed by atoms with Crippen molar-refractivity contribution in [3.8, 4) is 0 Å². The molecular weight excluding hydrogens is 869 g/mol. The lowest BCUT2D eigenvalue weighted by atomic mass is 9.92. The summed E-state index contributed by atoms with van der Waals surface area (Å²) in [6, 6.07) is 10.8. The van der Waals surface area contributed by atoms with Crippen LogP contribution in [0.4, 0.5) is 5.69 Å². The summed E-state index contributed by atoms with van der Waals surface area (Å²) in [6.07, 6.45) is 24.2. The number of carbonyl (C=O) groups is 4. The summed E-state index contributed by atoms with van der Waals surface area (Å²) in [7, 11) is 7.32. The number of unbranched alkanes of at least 4 members (excludes halogenated alkanes) is 1. The molecule has 372 valence electrons. The Kier molecular flexibility index (Phi) is 24.8. The summed E-state index contributed by atoms with van der Waals surface area (Å²) in [5.74, 6) is 1.30. The van der Waals surface area contributed by atoms with Crippen LogP contribution in [-0.2, 0) is 35.6 Å². The number of nitrogens with one attached hydrogen (secondary N) is 1. The predicted octanol–water partition coefficient (Wildman–Crippen LogP) is 10.9. The highest BCUT2D eigenvalue weighted by atomic mass is 16.5. The molecule has 1 atom stereocenters. The SMILES string of the molecule is C=Cc1c(/C=C\C)n(C)c2cc(C(/C=C\C(=C)OC3CC(OCCOC(/C=C\C(=C)OC4CN(c5ccc(C(=O)N(C)C(C=O)CCC=O)c(C=O)c5)C4)=C/C)C3)=C/C)ccc12.CCCC.CNC. The summed E-state index contributed by atoms with van der Waals surface area (Å²) in [5, 5.41) is 3.92. The van der Waals surface area contributed by atoms with Crippen LogP contribution in [0, 0.1) is 0 Å². The maximum atomic E-state index is 13.1. The van der Waals surface area contributed by atoms with Crippen LogP contribution in [0.15, 0.2) is 116 Å². The first-order chi connectivity index (χ1) is 33.3. The lowest BCUT2D eigenvalue weighted by Crippen LogP contribution is -2.52. The van der Waals surface area contributed by atoms with E-state index in [0.717, 1.165) is 46.4 Å². The maximum absolute atomic E-state index is 13.1. The van der Waals surface area contributed by atoms with Crippen molar-refractivity contribution in [3.05, 3.63) is 144 Å². The number of aldehydes is 3. The van der Waals surface area contributed by atoms with Gasteiger partial charge < -0.3 is 48.2 Å². The minimum Gasteiger partial charge on any atom is -0.492 e. The smallest absolute Gasteiger partial charge is 0.254 e. The summed E-state index contributed by atoms with van der Waals surface area (Å²) in [6.45, 7) is 24.5. The number of aromatic nitrogens is 1. The zero-order chi connectivity index (χ0) is 50.9. The molecule has 0 spiro atoms. The van der Waals surface area contributed by atoms with Gasteiger partial charge in [-0.05, 0) is 107 Å². The van der Waals surface area contributed by atoms with Crippen LogP contribution < -0.4 is 10.2 Å². The first-order valence-electron chi connectivity index (χ1n) is 23.9. The standard InChI is InChI=1S/C51H59N3O8.C4H10.C2H7N/c1-9-14-49-46(12-4)48-22-19-38(28-50(48)53(49)8)37(10-2)18-16-35(5)61-44-29-43(30-44)60-26-25-59-42(11-3)21-17-36(6)62-45-31-54(32-45)40-20-23-47(39(27-40)33-56)51(58)52(7)41(34-57)15-13-24-55;1-3-4-2;1-3-2/h9-12,14,16-24,27-28,33-34,41,43-45H,4-6,13,15,25-26,29-32H2,1-3,7-8H3;3-4H2,1-2H3;3H,1-2H3/b14-9-,18-16-,21-17-,37-10+,42-11+;;. The molecule has 1 aliphatic heterocycles. The highest BCUT2D eigenvalue weighted by Crippen LogP contribution is 2.32. The van der Waals surface area contributed by atoms with Gasteiger partial charge in [-0.15, -0.1) is 0 Å². The average molecular weight is 945 g/mol. The molecule has 1 amide bonds. The van der Waals surface area contributed by atoms with Gasteiger partial charge in [-0.1, -0.05) is 82.9 Å². The molecule has 2 aliphatic rings. The van der Waals surface area contributed by atoms with E-state index in [1.165, 1.54) is 30.2 Å². The van der Waals surface area contributed by atoms with Gasteiger partial charge >= 0.3 is 0 Å². The highest BCUT2D eigenvalue weighted by Gasteiger charge is 2.32. The number of nitrogens with zero attached hydrogens (tertiary/aromatic N) is 3. The molecule has 12 nitrogen and oxygen atoms in total. The number of hydrogen-bond donors (Lipinski definition) is 1. The van der Waals surface area contributed by atoms with Crippen LogP contribution in [0.25, 0.3) is 28.6 Å². The first kappa shape index (κ1) is 56.8. The highest BCUT2D eigenvalue weighted by molar-refractivity contribution is 6.03. The van der Waals surface area contributed by atoms with Gasteiger partial charge in [-0.25, -0.2) is 0 Å². The zero-order valence-corrected chi connectivity index (χ0v) is 42.5. The summed E-state index contributed by atoms with van der Waals surface area (Å²) in [4.78, 5) is 50.5. The van der Waals surface area contributed by atoms with Gasteiger partial charge in [-0.2, -0.15) is 0 Å². The van der Waals surface area contributed by atoms with E-state index < -0.39 is 11.9 Å². The van der Waals surface area contributed by atoms with Crippen molar-refractivity contribution in [1.29, 1.82) is 0 Å². The third-order valence-corrected chi connectivity index (χ3v) is 11.7. The molecular formula is C57H76N4O8. The van der Waals surface area contributed by atoms with Gasteiger partial charge in [0, 0.05) is 66.8 Å². The molecule has 1 unspecified atom stereocenters. The monoisotopic (exact) mass is 945 g/mol. The first-order valence-corrected chi connectivity index (χ1v) is 23.9. The number of benzene rings is 2. The van der Waals surface area contributed by atoms with Gasteiger partial charge in [0.2, 0.25) is 0 Å². The molecule has 2 fully saturated rings. The number of aryl methyl sites for hydroxylation is 1. The van der Waals surface area contributed by atoms with Gasteiger partial charge in [0.05, 0.1) is 37.4 Å². The van der Waals surface area contributed by atoms with Gasteiger partial charge in [0.1, 0.15) is 48.7 Å². The van der Waals surface area contributed by atoms with Crippen molar-refractivity contribution < 1.29 is 38.1 Å². The molecule has 0 radical (unpaired) electrons. The third-order valence-electron chi connectivity index (χ3n) is 11.7. The fourth-order valence-corrected chi connectivity index (χ4v) is 7.51. The van der Waals surface area contributed by atoms with Crippen LogP contribution in [0.3, 0.4) is 0 Å². The van der Waals surface area contributed by atoms with Crippen molar-refractivity contribution >= 4 is 59.1 Å². The molecule has 1 aromatic heterocycles. The minimum absolute atomic E-state index is 0.0544. The second-order valence-electron chi connectivity index (χ2n) is 16.8. The lowest BCUT2D eigenvalue weighted by molar-refractivity contribution is -0.112. The second-order valence-corrected chi connectivity index (χ2v) is 16.8. The molecule has 0 bridgehead atoms. The number of fused-ring (bicyclic) bond motifs is 1. The van der Waals surface area contributed by atoms with E-state index in [1.54, 1.807) is 30.4 Å². The summed E-state index contributed by atoms with van der Waals surface area (Å²) >= 11 is 0. The van der Waals surface area contributed by atoms with E-state index in [2.05, 4.69) is 80.9 Å². The van der Waals surface area contributed by atoms with Gasteiger partial charge in [-0.3, -0.25) is 9.59 Å². The lowest BCUT2D eigenvalue weighted by Gasteiger charge is -2.41. The molecule has 3 aromatic rings. The fourth-order valence-electron chi connectivity index (χ4n) is 7.51. The topological polar surface area (TPSA) is 129 Å². The maximum Gasteiger partial charge on any atom is 0.254 e. The van der Waals surface area contributed by atoms with Crippen LogP contribution in [0.5, 0.6) is 0 Å². The van der Waals surface area contributed by atoms with Crippen LogP contribution >= 0.6 is 0 Å². The van der Waals surface area contributed by atoms with E-state index in [4.69, 9.17) is 18.9 Å². The normalized spacial score (nSPS) is 16.4. The van der Waals surface area contributed by atoms with E-state index in [-0.39, 0.29) is 42.3 Å². The Labute approximate surface area is 411 Å². The van der Waals surface area contributed by atoms with Crippen molar-refractivity contribution in [2.24, 2.45) is 7.05 Å².